The van der Waals surface area contributed by atoms with E-state index in [2.05, 4.69) is 34.3 Å². The molecule has 3 atom stereocenters. The van der Waals surface area contributed by atoms with Gasteiger partial charge >= 0.3 is 0 Å². The zero-order chi connectivity index (χ0) is 10.8. The molecule has 1 aromatic heterocycles. The molecule has 1 heterocycles. The molecule has 0 spiro atoms. The molecule has 1 aromatic rings. The molecule has 2 aliphatic rings. The van der Waals surface area contributed by atoms with Crippen LogP contribution in [0.2, 0.25) is 0 Å². The fourth-order valence-electron chi connectivity index (χ4n) is 3.08. The highest BCUT2D eigenvalue weighted by Crippen LogP contribution is 2.42. The third-order valence-corrected chi connectivity index (χ3v) is 4.73. The highest BCUT2D eigenvalue weighted by Gasteiger charge is 2.34. The van der Waals surface area contributed by atoms with E-state index in [9.17, 15) is 0 Å². The van der Waals surface area contributed by atoms with Crippen molar-refractivity contribution in [1.82, 2.24) is 5.32 Å². The molecule has 0 aromatic carbocycles. The predicted octanol–water partition coefficient (Wildman–Crippen LogP) is 3.09. The van der Waals surface area contributed by atoms with Gasteiger partial charge in [0.1, 0.15) is 0 Å². The van der Waals surface area contributed by atoms with Gasteiger partial charge in [0.25, 0.3) is 0 Å². The Kier molecular flexibility index (Phi) is 3.11. The monoisotopic (exact) mass is 233 g/mol. The van der Waals surface area contributed by atoms with E-state index in [4.69, 9.17) is 0 Å². The molecule has 0 radical (unpaired) electrons. The summed E-state index contributed by atoms with van der Waals surface area (Å²) >= 11 is 1.80. The minimum Gasteiger partial charge on any atom is -0.316 e. The lowest BCUT2D eigenvalue weighted by Crippen LogP contribution is -2.27. The molecule has 2 aliphatic carbocycles. The number of allylic oxidation sites excluding steroid dienone is 2. The average molecular weight is 233 g/mol. The average Bonchev–Trinajstić information content (AvgIpc) is 3.01. The molecule has 0 saturated heterocycles. The fraction of sp³-hybridized carbons (Fsp3) is 0.571. The Balaban J connectivity index is 1.37. The summed E-state index contributed by atoms with van der Waals surface area (Å²) in [5.41, 5.74) is 1.48. The van der Waals surface area contributed by atoms with Crippen LogP contribution < -0.4 is 5.32 Å². The molecule has 2 heteroatoms. The molecule has 1 fully saturated rings. The number of hydrogen-bond acceptors (Lipinski definition) is 2. The lowest BCUT2D eigenvalue weighted by Gasteiger charge is -2.18. The second-order valence-corrected chi connectivity index (χ2v) is 5.91. The molecule has 86 valence electrons. The van der Waals surface area contributed by atoms with Crippen molar-refractivity contribution < 1.29 is 0 Å². The second kappa shape index (κ2) is 4.72. The van der Waals surface area contributed by atoms with Gasteiger partial charge in [-0.1, -0.05) is 12.2 Å². The zero-order valence-electron chi connectivity index (χ0n) is 9.56. The van der Waals surface area contributed by atoms with Crippen LogP contribution in [0.3, 0.4) is 0 Å². The predicted molar refractivity (Wildman–Crippen MR) is 69.7 cm³/mol. The van der Waals surface area contributed by atoms with Crippen LogP contribution in [0.5, 0.6) is 0 Å². The van der Waals surface area contributed by atoms with E-state index < -0.39 is 0 Å². The quantitative estimate of drug-likeness (QED) is 0.609. The fourth-order valence-corrected chi connectivity index (χ4v) is 3.79. The van der Waals surface area contributed by atoms with Crippen LogP contribution in [0.15, 0.2) is 29.0 Å². The van der Waals surface area contributed by atoms with Crippen molar-refractivity contribution in [1.29, 1.82) is 0 Å². The molecule has 2 bridgehead atoms. The molecule has 16 heavy (non-hydrogen) atoms. The van der Waals surface area contributed by atoms with Crippen LogP contribution in [0.25, 0.3) is 0 Å². The topological polar surface area (TPSA) is 12.0 Å². The van der Waals surface area contributed by atoms with Gasteiger partial charge in [-0.2, -0.15) is 11.3 Å². The summed E-state index contributed by atoms with van der Waals surface area (Å²) < 4.78 is 0. The highest BCUT2D eigenvalue weighted by molar-refractivity contribution is 7.07. The summed E-state index contributed by atoms with van der Waals surface area (Å²) in [6, 6.07) is 2.23. The molecular formula is C14H19NS. The summed E-state index contributed by atoms with van der Waals surface area (Å²) in [6.07, 6.45) is 8.90. The molecule has 3 rings (SSSR count). The van der Waals surface area contributed by atoms with Crippen molar-refractivity contribution in [3.8, 4) is 0 Å². The normalized spacial score (nSPS) is 31.4. The van der Waals surface area contributed by atoms with Gasteiger partial charge in [0, 0.05) is 0 Å². The van der Waals surface area contributed by atoms with Crippen LogP contribution in [-0.4, -0.2) is 13.1 Å². The van der Waals surface area contributed by atoms with Crippen molar-refractivity contribution in [3.05, 3.63) is 34.5 Å². The Morgan fingerprint density at radius 1 is 1.31 bits per heavy atom. The maximum absolute atomic E-state index is 3.62. The van der Waals surface area contributed by atoms with Gasteiger partial charge in [0.15, 0.2) is 0 Å². The summed E-state index contributed by atoms with van der Waals surface area (Å²) in [5, 5.41) is 8.04. The van der Waals surface area contributed by atoms with Crippen LogP contribution in [-0.2, 0) is 6.42 Å². The standard InChI is InChI=1S/C14H19NS/c1-2-13-7-12(1)8-14(13)9-15-5-3-11-4-6-16-10-11/h1-2,4,6,10,12-15H,3,5,7-9H2. The number of thiophene rings is 1. The van der Waals surface area contributed by atoms with Crippen LogP contribution in [0, 0.1) is 17.8 Å². The third-order valence-electron chi connectivity index (χ3n) is 3.99. The first-order chi connectivity index (χ1) is 7.92. The van der Waals surface area contributed by atoms with Crippen LogP contribution in [0.4, 0.5) is 0 Å². The first-order valence-corrected chi connectivity index (χ1v) is 7.26. The Labute approximate surface area is 102 Å². The Bertz CT molecular complexity index is 355. The van der Waals surface area contributed by atoms with Crippen LogP contribution >= 0.6 is 11.3 Å². The molecule has 0 aliphatic heterocycles. The van der Waals surface area contributed by atoms with E-state index in [1.807, 2.05) is 0 Å². The van der Waals surface area contributed by atoms with E-state index in [0.717, 1.165) is 24.3 Å². The third kappa shape index (κ3) is 2.23. The maximum atomic E-state index is 3.62. The van der Waals surface area contributed by atoms with Gasteiger partial charge in [0.2, 0.25) is 0 Å². The lowest BCUT2D eigenvalue weighted by atomic mass is 9.93. The van der Waals surface area contributed by atoms with E-state index in [1.165, 1.54) is 31.4 Å². The second-order valence-electron chi connectivity index (χ2n) is 5.13. The van der Waals surface area contributed by atoms with Gasteiger partial charge in [-0.05, 0) is 72.5 Å². The molecule has 1 saturated carbocycles. The van der Waals surface area contributed by atoms with Gasteiger partial charge in [-0.3, -0.25) is 0 Å². The van der Waals surface area contributed by atoms with E-state index >= 15 is 0 Å². The van der Waals surface area contributed by atoms with Crippen molar-refractivity contribution in [2.24, 2.45) is 17.8 Å². The van der Waals surface area contributed by atoms with Crippen molar-refractivity contribution in [3.63, 3.8) is 0 Å². The molecule has 3 unspecified atom stereocenters. The lowest BCUT2D eigenvalue weighted by molar-refractivity contribution is 0.416. The Hall–Kier alpha value is -0.600. The number of hydrogen-bond donors (Lipinski definition) is 1. The van der Waals surface area contributed by atoms with E-state index in [0.29, 0.717) is 0 Å². The van der Waals surface area contributed by atoms with Crippen molar-refractivity contribution >= 4 is 11.3 Å². The van der Waals surface area contributed by atoms with Crippen molar-refractivity contribution in [2.45, 2.75) is 19.3 Å². The zero-order valence-corrected chi connectivity index (χ0v) is 10.4. The molecular weight excluding hydrogens is 214 g/mol. The first-order valence-electron chi connectivity index (χ1n) is 6.32. The minimum atomic E-state index is 0.888. The van der Waals surface area contributed by atoms with Crippen molar-refractivity contribution in [2.75, 3.05) is 13.1 Å². The first kappa shape index (κ1) is 10.5. The van der Waals surface area contributed by atoms with E-state index in [-0.39, 0.29) is 0 Å². The van der Waals surface area contributed by atoms with Gasteiger partial charge in [-0.25, -0.2) is 0 Å². The largest absolute Gasteiger partial charge is 0.316 e. The van der Waals surface area contributed by atoms with Gasteiger partial charge in [-0.15, -0.1) is 0 Å². The smallest absolute Gasteiger partial charge is 0.000794 e. The minimum absolute atomic E-state index is 0.888. The maximum Gasteiger partial charge on any atom is -0.000794 e. The summed E-state index contributed by atoms with van der Waals surface area (Å²) in [5.74, 6) is 2.71. The van der Waals surface area contributed by atoms with E-state index in [1.54, 1.807) is 11.3 Å². The molecule has 0 amide bonds. The Morgan fingerprint density at radius 3 is 3.00 bits per heavy atom. The number of fused-ring (bicyclic) bond motifs is 2. The van der Waals surface area contributed by atoms with Crippen LogP contribution in [0.1, 0.15) is 18.4 Å². The molecule has 1 N–H and O–H groups in total. The number of nitrogens with one attached hydrogen (secondary N) is 1. The van der Waals surface area contributed by atoms with Gasteiger partial charge in [0.05, 0.1) is 0 Å². The summed E-state index contributed by atoms with van der Waals surface area (Å²) in [4.78, 5) is 0. The molecule has 1 nitrogen and oxygen atoms in total. The van der Waals surface area contributed by atoms with Gasteiger partial charge < -0.3 is 5.32 Å². The summed E-state index contributed by atoms with van der Waals surface area (Å²) in [7, 11) is 0. The highest BCUT2D eigenvalue weighted by atomic mass is 32.1. The number of rotatable bonds is 5. The summed E-state index contributed by atoms with van der Waals surface area (Å²) in [6.45, 7) is 2.35. The Morgan fingerprint density at radius 2 is 2.31 bits per heavy atom. The SMILES string of the molecule is C1=CC2CC1CC2CNCCc1ccsc1.